The number of nitrogens with two attached hydrogens (primary N) is 1. The number of sulfonamides is 1. The molecule has 1 aromatic rings. The Bertz CT molecular complexity index is 654. The molecule has 0 bridgehead atoms. The molecule has 0 saturated heterocycles. The second kappa shape index (κ2) is 6.68. The number of hydrogen-bond acceptors (Lipinski definition) is 4. The Balaban J connectivity index is 2.40. The normalized spacial score (nSPS) is 16.9. The van der Waals surface area contributed by atoms with Gasteiger partial charge in [0.05, 0.1) is 10.5 Å². The summed E-state index contributed by atoms with van der Waals surface area (Å²) in [5, 5.41) is 14.8. The smallest absolute Gasteiger partial charge is 0.336 e. The van der Waals surface area contributed by atoms with Gasteiger partial charge in [0, 0.05) is 14.6 Å². The van der Waals surface area contributed by atoms with Gasteiger partial charge in [-0.2, -0.15) is 0 Å². The molecule has 0 radical (unpaired) electrons. The topological polar surface area (TPSA) is 97.5 Å². The van der Waals surface area contributed by atoms with Crippen molar-refractivity contribution < 1.29 is 18.3 Å². The van der Waals surface area contributed by atoms with E-state index in [0.29, 0.717) is 14.6 Å². The maximum Gasteiger partial charge on any atom is 0.336 e. The first-order valence-electron chi connectivity index (χ1n) is 6.55. The van der Waals surface area contributed by atoms with Gasteiger partial charge in [0.1, 0.15) is 0 Å². The lowest BCUT2D eigenvalue weighted by Crippen LogP contribution is -2.15. The molecular formula is C13H16BrNO4S2. The zero-order valence-corrected chi connectivity index (χ0v) is 14.4. The van der Waals surface area contributed by atoms with Gasteiger partial charge in [-0.3, -0.25) is 0 Å². The summed E-state index contributed by atoms with van der Waals surface area (Å²) in [5.74, 6) is -1.15. The predicted octanol–water partition coefficient (Wildman–Crippen LogP) is 3.22. The van der Waals surface area contributed by atoms with Gasteiger partial charge in [0.2, 0.25) is 10.0 Å². The number of carbonyl (C=O) groups is 1. The maximum absolute atomic E-state index is 11.5. The lowest BCUT2D eigenvalue weighted by Gasteiger charge is -2.22. The van der Waals surface area contributed by atoms with Crippen molar-refractivity contribution in [2.45, 2.75) is 47.1 Å². The van der Waals surface area contributed by atoms with Crippen molar-refractivity contribution in [3.63, 3.8) is 0 Å². The number of primary sulfonamides is 1. The number of benzene rings is 1. The Labute approximate surface area is 136 Å². The molecule has 1 fully saturated rings. The molecule has 1 aliphatic carbocycles. The Kier molecular flexibility index (Phi) is 5.34. The van der Waals surface area contributed by atoms with Crippen molar-refractivity contribution >= 4 is 43.7 Å². The van der Waals surface area contributed by atoms with Gasteiger partial charge in [-0.1, -0.05) is 19.3 Å². The number of halogens is 1. The molecule has 1 aromatic carbocycles. The van der Waals surface area contributed by atoms with E-state index in [2.05, 4.69) is 15.9 Å². The standard InChI is InChI=1S/C13H16BrNO4S2/c14-10-7-11(20-8-4-2-1-3-5-8)9(13(16)17)6-12(10)21(15,18)19/h6-8H,1-5H2,(H,16,17)(H2,15,18,19). The van der Waals surface area contributed by atoms with Gasteiger partial charge >= 0.3 is 5.97 Å². The Morgan fingerprint density at radius 3 is 2.43 bits per heavy atom. The van der Waals surface area contributed by atoms with Gasteiger partial charge in [-0.25, -0.2) is 18.4 Å². The first kappa shape index (κ1) is 16.8. The van der Waals surface area contributed by atoms with Crippen LogP contribution in [0.25, 0.3) is 0 Å². The Hall–Kier alpha value is -0.570. The van der Waals surface area contributed by atoms with E-state index >= 15 is 0 Å². The monoisotopic (exact) mass is 393 g/mol. The molecule has 21 heavy (non-hydrogen) atoms. The van der Waals surface area contributed by atoms with E-state index in [0.717, 1.165) is 31.7 Å². The molecule has 8 heteroatoms. The molecule has 0 spiro atoms. The van der Waals surface area contributed by atoms with Crippen LogP contribution >= 0.6 is 27.7 Å². The number of thioether (sulfide) groups is 1. The minimum atomic E-state index is -3.96. The van der Waals surface area contributed by atoms with Crippen LogP contribution in [-0.2, 0) is 10.0 Å². The van der Waals surface area contributed by atoms with Crippen LogP contribution in [0, 0.1) is 0 Å². The van der Waals surface area contributed by atoms with Crippen molar-refractivity contribution in [3.05, 3.63) is 22.2 Å². The molecule has 116 valence electrons. The Morgan fingerprint density at radius 2 is 1.90 bits per heavy atom. The minimum absolute atomic E-state index is 0.0159. The lowest BCUT2D eigenvalue weighted by molar-refractivity contribution is 0.0693. The van der Waals surface area contributed by atoms with Crippen molar-refractivity contribution in [2.24, 2.45) is 5.14 Å². The molecule has 0 aromatic heterocycles. The van der Waals surface area contributed by atoms with Crippen LogP contribution in [0.4, 0.5) is 0 Å². The fraction of sp³-hybridized carbons (Fsp3) is 0.462. The second-order valence-corrected chi connectivity index (χ2v) is 8.73. The molecule has 0 atom stereocenters. The summed E-state index contributed by atoms with van der Waals surface area (Å²) >= 11 is 4.67. The van der Waals surface area contributed by atoms with Crippen LogP contribution < -0.4 is 5.14 Å². The van der Waals surface area contributed by atoms with Gasteiger partial charge in [-0.05, 0) is 40.9 Å². The predicted molar refractivity (Wildman–Crippen MR) is 85.2 cm³/mol. The molecule has 3 N–H and O–H groups in total. The van der Waals surface area contributed by atoms with Crippen LogP contribution in [0.15, 0.2) is 26.4 Å². The number of hydrogen-bond donors (Lipinski definition) is 2. The summed E-state index contributed by atoms with van der Waals surface area (Å²) in [7, 11) is -3.96. The summed E-state index contributed by atoms with van der Waals surface area (Å²) in [6, 6.07) is 2.68. The van der Waals surface area contributed by atoms with E-state index in [1.807, 2.05) is 0 Å². The highest BCUT2D eigenvalue weighted by Crippen LogP contribution is 2.38. The highest BCUT2D eigenvalue weighted by Gasteiger charge is 2.23. The van der Waals surface area contributed by atoms with Crippen LogP contribution in [0.3, 0.4) is 0 Å². The molecule has 5 nitrogen and oxygen atoms in total. The summed E-state index contributed by atoms with van der Waals surface area (Å²) in [6.45, 7) is 0. The highest BCUT2D eigenvalue weighted by molar-refractivity contribution is 9.10. The van der Waals surface area contributed by atoms with E-state index in [-0.39, 0.29) is 10.5 Å². The zero-order valence-electron chi connectivity index (χ0n) is 11.2. The van der Waals surface area contributed by atoms with Crippen LogP contribution in [0.5, 0.6) is 0 Å². The molecular weight excluding hydrogens is 378 g/mol. The molecule has 1 saturated carbocycles. The second-order valence-electron chi connectivity index (χ2n) is 5.01. The Morgan fingerprint density at radius 1 is 1.29 bits per heavy atom. The van der Waals surface area contributed by atoms with E-state index in [4.69, 9.17) is 5.14 Å². The average molecular weight is 394 g/mol. The number of aromatic carboxylic acids is 1. The first-order chi connectivity index (χ1) is 9.79. The van der Waals surface area contributed by atoms with Gasteiger partial charge < -0.3 is 5.11 Å². The SMILES string of the molecule is NS(=O)(=O)c1cc(C(=O)O)c(SC2CCCCC2)cc1Br. The first-order valence-corrected chi connectivity index (χ1v) is 9.77. The third-order valence-corrected chi connectivity index (χ3v) is 6.68. The summed E-state index contributed by atoms with van der Waals surface area (Å²) in [4.78, 5) is 11.8. The van der Waals surface area contributed by atoms with E-state index < -0.39 is 16.0 Å². The maximum atomic E-state index is 11.5. The van der Waals surface area contributed by atoms with Crippen molar-refractivity contribution in [1.82, 2.24) is 0 Å². The summed E-state index contributed by atoms with van der Waals surface area (Å²) in [5.41, 5.74) is -0.0159. The quantitative estimate of drug-likeness (QED) is 0.817. The summed E-state index contributed by atoms with van der Waals surface area (Å²) in [6.07, 6.45) is 5.63. The van der Waals surface area contributed by atoms with Crippen molar-refractivity contribution in [3.8, 4) is 0 Å². The van der Waals surface area contributed by atoms with Crippen LogP contribution in [0.1, 0.15) is 42.5 Å². The fourth-order valence-electron chi connectivity index (χ4n) is 2.38. The molecule has 1 aliphatic rings. The van der Waals surface area contributed by atoms with Crippen LogP contribution in [0.2, 0.25) is 0 Å². The molecule has 0 unspecified atom stereocenters. The number of rotatable bonds is 4. The third-order valence-electron chi connectivity index (χ3n) is 3.42. The fourth-order valence-corrected chi connectivity index (χ4v) is 5.55. The molecule has 0 aliphatic heterocycles. The van der Waals surface area contributed by atoms with Crippen LogP contribution in [-0.4, -0.2) is 24.7 Å². The minimum Gasteiger partial charge on any atom is -0.478 e. The largest absolute Gasteiger partial charge is 0.478 e. The molecule has 0 heterocycles. The van der Waals surface area contributed by atoms with E-state index in [1.165, 1.54) is 18.2 Å². The average Bonchev–Trinajstić information content (AvgIpc) is 2.38. The number of carboxylic acids is 1. The van der Waals surface area contributed by atoms with Gasteiger partial charge in [-0.15, -0.1) is 11.8 Å². The van der Waals surface area contributed by atoms with Crippen molar-refractivity contribution in [1.29, 1.82) is 0 Å². The van der Waals surface area contributed by atoms with E-state index in [9.17, 15) is 18.3 Å². The summed E-state index contributed by atoms with van der Waals surface area (Å²) < 4.78 is 23.3. The third kappa shape index (κ3) is 4.21. The molecule has 2 rings (SSSR count). The van der Waals surface area contributed by atoms with Crippen molar-refractivity contribution in [2.75, 3.05) is 0 Å². The number of carboxylic acid groups (broad SMARTS) is 1. The molecule has 0 amide bonds. The highest BCUT2D eigenvalue weighted by atomic mass is 79.9. The van der Waals surface area contributed by atoms with Gasteiger partial charge in [0.25, 0.3) is 0 Å². The van der Waals surface area contributed by atoms with E-state index in [1.54, 1.807) is 6.07 Å². The zero-order chi connectivity index (χ0) is 15.6. The lowest BCUT2D eigenvalue weighted by atomic mass is 10.0. The van der Waals surface area contributed by atoms with Gasteiger partial charge in [0.15, 0.2) is 0 Å².